The van der Waals surface area contributed by atoms with E-state index in [4.69, 9.17) is 17.0 Å². The maximum Gasteiger partial charge on any atom is 0.134 e. The number of aromatic nitrogens is 2. The van der Waals surface area contributed by atoms with E-state index >= 15 is 0 Å². The molecule has 0 radical (unpaired) electrons. The van der Waals surface area contributed by atoms with Crippen molar-refractivity contribution in [3.05, 3.63) is 21.7 Å². The summed E-state index contributed by atoms with van der Waals surface area (Å²) in [4.78, 5) is 7.78. The molecule has 1 aliphatic rings. The highest BCUT2D eigenvalue weighted by atomic mass is 32.2. The van der Waals surface area contributed by atoms with Gasteiger partial charge in [-0.05, 0) is 6.42 Å². The standard InChI is InChI=1S/C10H14N2OS2/c1-13-4-2-3-9-11-8-6-15-5-7(8)10(14)12-9/h2-6H2,1H3,(H,11,12,14). The van der Waals surface area contributed by atoms with Gasteiger partial charge in [0.2, 0.25) is 0 Å². The van der Waals surface area contributed by atoms with Crippen LogP contribution in [0.5, 0.6) is 0 Å². The Morgan fingerprint density at radius 1 is 1.53 bits per heavy atom. The van der Waals surface area contributed by atoms with Gasteiger partial charge in [0, 0.05) is 42.9 Å². The molecular formula is C10H14N2OS2. The fraction of sp³-hybridized carbons (Fsp3) is 0.600. The number of nitrogens with zero attached hydrogens (tertiary/aromatic N) is 1. The molecule has 1 aliphatic heterocycles. The smallest absolute Gasteiger partial charge is 0.134 e. The zero-order valence-corrected chi connectivity index (χ0v) is 10.3. The van der Waals surface area contributed by atoms with Gasteiger partial charge in [-0.2, -0.15) is 11.8 Å². The fourth-order valence-electron chi connectivity index (χ4n) is 1.63. The molecule has 0 spiro atoms. The van der Waals surface area contributed by atoms with E-state index in [9.17, 15) is 0 Å². The summed E-state index contributed by atoms with van der Waals surface area (Å²) in [7, 11) is 1.72. The van der Waals surface area contributed by atoms with Gasteiger partial charge >= 0.3 is 0 Å². The van der Waals surface area contributed by atoms with Gasteiger partial charge in [-0.3, -0.25) is 0 Å². The Balaban J connectivity index is 2.13. The number of methoxy groups -OCH3 is 1. The van der Waals surface area contributed by atoms with E-state index in [2.05, 4.69) is 9.97 Å². The van der Waals surface area contributed by atoms with Crippen molar-refractivity contribution in [1.29, 1.82) is 0 Å². The molecule has 0 aliphatic carbocycles. The molecule has 1 aromatic heterocycles. The number of H-pyrrole nitrogens is 1. The largest absolute Gasteiger partial charge is 0.385 e. The predicted molar refractivity (Wildman–Crippen MR) is 64.6 cm³/mol. The Kier molecular flexibility index (Phi) is 3.77. The molecule has 2 rings (SSSR count). The van der Waals surface area contributed by atoms with Crippen molar-refractivity contribution in [3.63, 3.8) is 0 Å². The van der Waals surface area contributed by atoms with Crippen LogP contribution in [-0.2, 0) is 22.7 Å². The molecule has 0 aromatic carbocycles. The lowest BCUT2D eigenvalue weighted by Crippen LogP contribution is -2.02. The molecule has 0 atom stereocenters. The van der Waals surface area contributed by atoms with Crippen molar-refractivity contribution >= 4 is 24.0 Å². The first kappa shape index (κ1) is 11.1. The van der Waals surface area contributed by atoms with Crippen molar-refractivity contribution in [2.75, 3.05) is 13.7 Å². The number of rotatable bonds is 4. The van der Waals surface area contributed by atoms with Gasteiger partial charge in [0.25, 0.3) is 0 Å². The lowest BCUT2D eigenvalue weighted by molar-refractivity contribution is 0.194. The molecule has 0 saturated carbocycles. The first-order valence-electron chi connectivity index (χ1n) is 4.99. The number of hydrogen-bond donors (Lipinski definition) is 1. The van der Waals surface area contributed by atoms with Crippen LogP contribution in [0.3, 0.4) is 0 Å². The Labute approximate surface area is 98.6 Å². The predicted octanol–water partition coefficient (Wildman–Crippen LogP) is 2.46. The zero-order valence-electron chi connectivity index (χ0n) is 8.71. The first-order valence-corrected chi connectivity index (χ1v) is 6.55. The number of aryl methyl sites for hydroxylation is 1. The summed E-state index contributed by atoms with van der Waals surface area (Å²) in [6.07, 6.45) is 1.90. The number of aromatic amines is 1. The Morgan fingerprint density at radius 3 is 3.20 bits per heavy atom. The molecule has 0 saturated heterocycles. The summed E-state index contributed by atoms with van der Waals surface area (Å²) in [5, 5.41) is 0. The monoisotopic (exact) mass is 242 g/mol. The Hall–Kier alpha value is -0.390. The van der Waals surface area contributed by atoms with Crippen LogP contribution in [0.1, 0.15) is 23.5 Å². The Morgan fingerprint density at radius 2 is 2.40 bits per heavy atom. The third-order valence-corrected chi connectivity index (χ3v) is 3.73. The quantitative estimate of drug-likeness (QED) is 0.650. The van der Waals surface area contributed by atoms with Gasteiger partial charge in [-0.1, -0.05) is 12.2 Å². The maximum atomic E-state index is 5.27. The average Bonchev–Trinajstić information content (AvgIpc) is 2.66. The van der Waals surface area contributed by atoms with Crippen molar-refractivity contribution in [1.82, 2.24) is 9.97 Å². The second-order valence-electron chi connectivity index (χ2n) is 3.53. The zero-order chi connectivity index (χ0) is 10.7. The van der Waals surface area contributed by atoms with E-state index in [-0.39, 0.29) is 0 Å². The third kappa shape index (κ3) is 2.59. The first-order chi connectivity index (χ1) is 7.31. The average molecular weight is 242 g/mol. The minimum absolute atomic E-state index is 0.772. The molecule has 2 heterocycles. The molecule has 0 fully saturated rings. The molecule has 3 nitrogen and oxygen atoms in total. The van der Waals surface area contributed by atoms with E-state index in [1.54, 1.807) is 7.11 Å². The van der Waals surface area contributed by atoms with Crippen LogP contribution in [0.15, 0.2) is 0 Å². The molecule has 0 bridgehead atoms. The number of fused-ring (bicyclic) bond motifs is 1. The second-order valence-corrected chi connectivity index (χ2v) is 4.91. The maximum absolute atomic E-state index is 5.27. The number of ether oxygens (including phenoxy) is 1. The fourth-order valence-corrected chi connectivity index (χ4v) is 3.09. The third-order valence-electron chi connectivity index (χ3n) is 2.41. The van der Waals surface area contributed by atoms with Crippen LogP contribution < -0.4 is 0 Å². The van der Waals surface area contributed by atoms with Gasteiger partial charge in [-0.25, -0.2) is 4.98 Å². The molecule has 5 heteroatoms. The molecule has 82 valence electrons. The van der Waals surface area contributed by atoms with E-state index in [0.29, 0.717) is 0 Å². The number of thioether (sulfide) groups is 1. The highest BCUT2D eigenvalue weighted by Gasteiger charge is 2.14. The summed E-state index contributed by atoms with van der Waals surface area (Å²) in [5.41, 5.74) is 2.50. The Bertz CT molecular complexity index is 403. The highest BCUT2D eigenvalue weighted by Crippen LogP contribution is 2.28. The van der Waals surface area contributed by atoms with Crippen molar-refractivity contribution in [2.45, 2.75) is 24.3 Å². The van der Waals surface area contributed by atoms with E-state index < -0.39 is 0 Å². The van der Waals surface area contributed by atoms with E-state index in [1.165, 1.54) is 11.3 Å². The summed E-state index contributed by atoms with van der Waals surface area (Å²) >= 11 is 7.16. The molecule has 1 aromatic rings. The normalized spacial score (nSPS) is 14.2. The van der Waals surface area contributed by atoms with Crippen LogP contribution in [0.2, 0.25) is 0 Å². The molecule has 0 unspecified atom stereocenters. The molecular weight excluding hydrogens is 228 g/mol. The highest BCUT2D eigenvalue weighted by molar-refractivity contribution is 7.98. The van der Waals surface area contributed by atoms with E-state index in [1.807, 2.05) is 11.8 Å². The van der Waals surface area contributed by atoms with Crippen LogP contribution in [-0.4, -0.2) is 23.7 Å². The molecule has 15 heavy (non-hydrogen) atoms. The van der Waals surface area contributed by atoms with Crippen molar-refractivity contribution < 1.29 is 4.74 Å². The van der Waals surface area contributed by atoms with Gasteiger partial charge < -0.3 is 9.72 Å². The van der Waals surface area contributed by atoms with Crippen LogP contribution in [0, 0.1) is 4.64 Å². The second kappa shape index (κ2) is 5.09. The van der Waals surface area contributed by atoms with E-state index in [0.717, 1.165) is 41.4 Å². The van der Waals surface area contributed by atoms with Crippen LogP contribution in [0.4, 0.5) is 0 Å². The van der Waals surface area contributed by atoms with Crippen LogP contribution >= 0.6 is 24.0 Å². The summed E-state index contributed by atoms with van der Waals surface area (Å²) < 4.78 is 5.79. The minimum Gasteiger partial charge on any atom is -0.385 e. The summed E-state index contributed by atoms with van der Waals surface area (Å²) in [6.45, 7) is 0.772. The summed E-state index contributed by atoms with van der Waals surface area (Å²) in [5.74, 6) is 3.05. The molecule has 0 amide bonds. The van der Waals surface area contributed by atoms with Crippen LogP contribution in [0.25, 0.3) is 0 Å². The van der Waals surface area contributed by atoms with Gasteiger partial charge in [0.1, 0.15) is 10.5 Å². The topological polar surface area (TPSA) is 37.9 Å². The van der Waals surface area contributed by atoms with Crippen molar-refractivity contribution in [2.24, 2.45) is 0 Å². The SMILES string of the molecule is COCCCc1nc(=S)c2c([nH]1)CSC2. The summed E-state index contributed by atoms with van der Waals surface area (Å²) in [6, 6.07) is 0. The van der Waals surface area contributed by atoms with Gasteiger partial charge in [0.15, 0.2) is 0 Å². The lowest BCUT2D eigenvalue weighted by atomic mass is 10.2. The number of nitrogens with one attached hydrogen (secondary N) is 1. The lowest BCUT2D eigenvalue weighted by Gasteiger charge is -2.04. The van der Waals surface area contributed by atoms with Gasteiger partial charge in [0.05, 0.1) is 0 Å². The molecule has 1 N–H and O–H groups in total. The number of hydrogen-bond acceptors (Lipinski definition) is 4. The van der Waals surface area contributed by atoms with Gasteiger partial charge in [-0.15, -0.1) is 0 Å². The minimum atomic E-state index is 0.772. The van der Waals surface area contributed by atoms with Crippen molar-refractivity contribution in [3.8, 4) is 0 Å².